The quantitative estimate of drug-likeness (QED) is 0.364. The van der Waals surface area contributed by atoms with E-state index in [0.717, 1.165) is 5.56 Å². The molecule has 0 fully saturated rings. The number of fused-ring (bicyclic) bond motifs is 1. The molecule has 1 aromatic heterocycles. The Morgan fingerprint density at radius 1 is 1.09 bits per heavy atom. The minimum atomic E-state index is -1.30. The molecule has 2 unspecified atom stereocenters. The lowest BCUT2D eigenvalue weighted by Crippen LogP contribution is -2.29. The molecule has 1 heterocycles. The second-order valence-corrected chi connectivity index (χ2v) is 7.35. The van der Waals surface area contributed by atoms with Crippen molar-refractivity contribution in [3.05, 3.63) is 81.6 Å². The summed E-state index contributed by atoms with van der Waals surface area (Å²) in [6, 6.07) is 13.8. The Balaban J connectivity index is 1.59. The Morgan fingerprint density at radius 3 is 2.58 bits per heavy atom. The minimum Gasteiger partial charge on any atom is -0.462 e. The summed E-state index contributed by atoms with van der Waals surface area (Å²) in [5.41, 5.74) is 0.943. The number of pyridine rings is 1. The van der Waals surface area contributed by atoms with Gasteiger partial charge in [-0.05, 0) is 36.6 Å². The van der Waals surface area contributed by atoms with Crippen molar-refractivity contribution in [3.63, 3.8) is 0 Å². The van der Waals surface area contributed by atoms with Gasteiger partial charge in [-0.25, -0.2) is 9.59 Å². The van der Waals surface area contributed by atoms with E-state index in [1.807, 2.05) is 30.3 Å². The van der Waals surface area contributed by atoms with Crippen LogP contribution in [0.5, 0.6) is 0 Å². The van der Waals surface area contributed by atoms with Crippen molar-refractivity contribution < 1.29 is 29.3 Å². The molecule has 0 saturated heterocycles. The normalized spacial score (nSPS) is 12.7. The first-order valence-corrected chi connectivity index (χ1v) is 10.5. The maximum absolute atomic E-state index is 12.7. The van der Waals surface area contributed by atoms with Crippen molar-refractivity contribution in [2.45, 2.75) is 32.2 Å². The SMILES string of the molecule is CCOC(=O)c1c[nH]c2ccc(C(O)C(O)CCNC(=O)OCc3ccccc3)cc2c1=O. The molecular weight excluding hydrogens is 428 g/mol. The molecule has 4 N–H and O–H groups in total. The molecule has 33 heavy (non-hydrogen) atoms. The van der Waals surface area contributed by atoms with Crippen molar-refractivity contribution in [2.75, 3.05) is 13.2 Å². The summed E-state index contributed by atoms with van der Waals surface area (Å²) >= 11 is 0. The lowest BCUT2D eigenvalue weighted by molar-refractivity contribution is 0.0137. The van der Waals surface area contributed by atoms with E-state index in [-0.39, 0.29) is 37.1 Å². The Kier molecular flexibility index (Phi) is 8.17. The zero-order valence-corrected chi connectivity index (χ0v) is 18.1. The van der Waals surface area contributed by atoms with Crippen molar-refractivity contribution in [2.24, 2.45) is 0 Å². The number of hydrogen-bond donors (Lipinski definition) is 4. The maximum Gasteiger partial charge on any atom is 0.407 e. The van der Waals surface area contributed by atoms with Gasteiger partial charge in [-0.1, -0.05) is 36.4 Å². The van der Waals surface area contributed by atoms with Crippen LogP contribution in [-0.2, 0) is 16.1 Å². The van der Waals surface area contributed by atoms with Gasteiger partial charge in [0.2, 0.25) is 5.43 Å². The van der Waals surface area contributed by atoms with Gasteiger partial charge in [-0.2, -0.15) is 0 Å². The summed E-state index contributed by atoms with van der Waals surface area (Å²) in [6.45, 7) is 1.97. The second kappa shape index (κ2) is 11.3. The van der Waals surface area contributed by atoms with Crippen molar-refractivity contribution in [1.29, 1.82) is 0 Å². The van der Waals surface area contributed by atoms with Crippen LogP contribution in [-0.4, -0.2) is 46.5 Å². The largest absolute Gasteiger partial charge is 0.462 e. The van der Waals surface area contributed by atoms with Gasteiger partial charge in [0, 0.05) is 23.6 Å². The predicted octanol–water partition coefficient (Wildman–Crippen LogP) is 2.42. The van der Waals surface area contributed by atoms with Gasteiger partial charge < -0.3 is 30.0 Å². The van der Waals surface area contributed by atoms with Gasteiger partial charge in [0.25, 0.3) is 0 Å². The Hall–Kier alpha value is -3.69. The van der Waals surface area contributed by atoms with Crippen molar-refractivity contribution >= 4 is 23.0 Å². The molecule has 0 aliphatic heterocycles. The number of hydrogen-bond acceptors (Lipinski definition) is 7. The highest BCUT2D eigenvalue weighted by Crippen LogP contribution is 2.22. The van der Waals surface area contributed by atoms with E-state index in [0.29, 0.717) is 11.1 Å². The number of aromatic nitrogens is 1. The number of ether oxygens (including phenoxy) is 2. The van der Waals surface area contributed by atoms with Gasteiger partial charge >= 0.3 is 12.1 Å². The average molecular weight is 454 g/mol. The second-order valence-electron chi connectivity index (χ2n) is 7.35. The van der Waals surface area contributed by atoms with Crippen LogP contribution >= 0.6 is 0 Å². The Labute approximate surface area is 190 Å². The van der Waals surface area contributed by atoms with Crippen LogP contribution in [0, 0.1) is 0 Å². The smallest absolute Gasteiger partial charge is 0.407 e. The number of nitrogens with one attached hydrogen (secondary N) is 2. The predicted molar refractivity (Wildman–Crippen MR) is 121 cm³/mol. The monoisotopic (exact) mass is 454 g/mol. The van der Waals surface area contributed by atoms with Crippen LogP contribution < -0.4 is 10.7 Å². The number of carbonyl (C=O) groups is 2. The number of carbonyl (C=O) groups excluding carboxylic acids is 2. The van der Waals surface area contributed by atoms with Crippen LogP contribution in [0.1, 0.15) is 40.9 Å². The van der Waals surface area contributed by atoms with Crippen LogP contribution in [0.3, 0.4) is 0 Å². The first-order valence-electron chi connectivity index (χ1n) is 10.5. The molecule has 2 aromatic carbocycles. The molecule has 1 amide bonds. The molecule has 3 aromatic rings. The molecule has 9 nitrogen and oxygen atoms in total. The summed E-state index contributed by atoms with van der Waals surface area (Å²) in [5, 5.41) is 23.6. The van der Waals surface area contributed by atoms with Crippen LogP contribution in [0.15, 0.2) is 59.5 Å². The molecule has 174 valence electrons. The number of rotatable bonds is 9. The lowest BCUT2D eigenvalue weighted by atomic mass is 9.99. The highest BCUT2D eigenvalue weighted by molar-refractivity contribution is 5.93. The number of aromatic amines is 1. The molecule has 0 spiro atoms. The molecular formula is C24H26N2O7. The summed E-state index contributed by atoms with van der Waals surface area (Å²) in [5.74, 6) is -0.739. The molecule has 2 atom stereocenters. The van der Waals surface area contributed by atoms with E-state index in [1.165, 1.54) is 12.3 Å². The number of benzene rings is 2. The molecule has 0 bridgehead atoms. The number of amides is 1. The average Bonchev–Trinajstić information content (AvgIpc) is 2.83. The highest BCUT2D eigenvalue weighted by atomic mass is 16.5. The van der Waals surface area contributed by atoms with Crippen molar-refractivity contribution in [3.8, 4) is 0 Å². The maximum atomic E-state index is 12.7. The summed E-state index contributed by atoms with van der Waals surface area (Å²) in [7, 11) is 0. The number of aliphatic hydroxyl groups excluding tert-OH is 2. The minimum absolute atomic E-state index is 0.0544. The fraction of sp³-hybridized carbons (Fsp3) is 0.292. The van der Waals surface area contributed by atoms with Crippen molar-refractivity contribution in [1.82, 2.24) is 10.3 Å². The van der Waals surface area contributed by atoms with Gasteiger partial charge in [0.15, 0.2) is 0 Å². The molecule has 9 heteroatoms. The van der Waals surface area contributed by atoms with Crippen LogP contribution in [0.2, 0.25) is 0 Å². The molecule has 0 aliphatic rings. The molecule has 0 aliphatic carbocycles. The summed E-state index contributed by atoms with van der Waals surface area (Å²) in [6.07, 6.45) is -1.80. The topological polar surface area (TPSA) is 138 Å². The van der Waals surface area contributed by atoms with Gasteiger partial charge in [-0.15, -0.1) is 0 Å². The third kappa shape index (κ3) is 6.18. The molecule has 3 rings (SSSR count). The third-order valence-corrected chi connectivity index (χ3v) is 5.03. The zero-order valence-electron chi connectivity index (χ0n) is 18.1. The molecule has 0 saturated carbocycles. The number of aliphatic hydroxyl groups is 2. The van der Waals surface area contributed by atoms with Crippen LogP contribution in [0.4, 0.5) is 4.79 Å². The van der Waals surface area contributed by atoms with Gasteiger partial charge in [-0.3, -0.25) is 4.79 Å². The van der Waals surface area contributed by atoms with E-state index < -0.39 is 29.7 Å². The van der Waals surface area contributed by atoms with E-state index in [4.69, 9.17) is 9.47 Å². The first kappa shape index (κ1) is 24.0. The van der Waals surface area contributed by atoms with Gasteiger partial charge in [0.05, 0.1) is 12.7 Å². The molecule has 0 radical (unpaired) electrons. The number of alkyl carbamates (subject to hydrolysis) is 1. The van der Waals surface area contributed by atoms with E-state index in [1.54, 1.807) is 19.1 Å². The van der Waals surface area contributed by atoms with E-state index in [9.17, 15) is 24.6 Å². The Morgan fingerprint density at radius 2 is 1.85 bits per heavy atom. The zero-order chi connectivity index (χ0) is 23.8. The summed E-state index contributed by atoms with van der Waals surface area (Å²) in [4.78, 5) is 39.3. The van der Waals surface area contributed by atoms with E-state index in [2.05, 4.69) is 10.3 Å². The van der Waals surface area contributed by atoms with E-state index >= 15 is 0 Å². The first-order chi connectivity index (χ1) is 15.9. The van der Waals surface area contributed by atoms with Crippen LogP contribution in [0.25, 0.3) is 10.9 Å². The lowest BCUT2D eigenvalue weighted by Gasteiger charge is -2.19. The third-order valence-electron chi connectivity index (χ3n) is 5.03. The fourth-order valence-corrected chi connectivity index (χ4v) is 3.26. The van der Waals surface area contributed by atoms with Gasteiger partial charge in [0.1, 0.15) is 18.3 Å². The number of H-pyrrole nitrogens is 1. The Bertz CT molecular complexity index is 1160. The fourth-order valence-electron chi connectivity index (χ4n) is 3.26. The number of esters is 1. The standard InChI is InChI=1S/C24H26N2O7/c1-2-32-23(30)18-13-26-19-9-8-16(12-17(19)22(18)29)21(28)20(27)10-11-25-24(31)33-14-15-6-4-3-5-7-15/h3-9,12-13,20-21,27-28H,2,10-11,14H2,1H3,(H,25,31)(H,26,29). The summed E-state index contributed by atoms with van der Waals surface area (Å²) < 4.78 is 9.98. The highest BCUT2D eigenvalue weighted by Gasteiger charge is 2.20.